The Kier molecular flexibility index (Phi) is 5.07. The maximum atomic E-state index is 4.81. The predicted octanol–water partition coefficient (Wildman–Crippen LogP) is 4.05. The highest BCUT2D eigenvalue weighted by Gasteiger charge is 2.35. The lowest BCUT2D eigenvalue weighted by Gasteiger charge is -2.27. The summed E-state index contributed by atoms with van der Waals surface area (Å²) in [6.45, 7) is 14.2. The van der Waals surface area contributed by atoms with Crippen molar-refractivity contribution in [1.29, 1.82) is 0 Å². The SMILES string of the molecule is CCNc1cc(N2CCC(CC)(CC)C2)nc(C(C)C)n1. The Bertz CT molecular complexity index is 466. The minimum Gasteiger partial charge on any atom is -0.370 e. The number of rotatable bonds is 6. The van der Waals surface area contributed by atoms with Crippen molar-refractivity contribution in [3.8, 4) is 0 Å². The van der Waals surface area contributed by atoms with Crippen LogP contribution in [0.1, 0.15) is 65.6 Å². The van der Waals surface area contributed by atoms with Crippen LogP contribution in [-0.2, 0) is 0 Å². The van der Waals surface area contributed by atoms with Crippen molar-refractivity contribution in [2.24, 2.45) is 5.41 Å². The van der Waals surface area contributed by atoms with Crippen LogP contribution in [0.15, 0.2) is 6.07 Å². The van der Waals surface area contributed by atoms with E-state index >= 15 is 0 Å². The molecule has 118 valence electrons. The molecular formula is C17H30N4. The molecule has 2 rings (SSSR count). The molecule has 0 unspecified atom stereocenters. The summed E-state index contributed by atoms with van der Waals surface area (Å²) in [7, 11) is 0. The van der Waals surface area contributed by atoms with Crippen LogP contribution in [0.2, 0.25) is 0 Å². The van der Waals surface area contributed by atoms with E-state index in [9.17, 15) is 0 Å². The van der Waals surface area contributed by atoms with Crippen LogP contribution >= 0.6 is 0 Å². The third-order valence-electron chi connectivity index (χ3n) is 4.87. The molecule has 0 atom stereocenters. The Morgan fingerprint density at radius 2 is 1.95 bits per heavy atom. The van der Waals surface area contributed by atoms with Gasteiger partial charge in [0.05, 0.1) is 0 Å². The third-order valence-corrected chi connectivity index (χ3v) is 4.87. The molecule has 0 spiro atoms. The first-order chi connectivity index (χ1) is 10.0. The Balaban J connectivity index is 2.27. The lowest BCUT2D eigenvalue weighted by molar-refractivity contribution is 0.301. The molecule has 0 bridgehead atoms. The molecule has 1 fully saturated rings. The standard InChI is InChI=1S/C17H30N4/c1-6-17(7-2)9-10-21(12-17)15-11-14(18-8-3)19-16(20-15)13(4)5/h11,13H,6-10,12H2,1-5H3,(H,18,19,20). The van der Waals surface area contributed by atoms with Gasteiger partial charge in [0, 0.05) is 31.6 Å². The molecule has 0 amide bonds. The van der Waals surface area contributed by atoms with Crippen LogP contribution in [0.4, 0.5) is 11.6 Å². The second-order valence-corrected chi connectivity index (χ2v) is 6.53. The highest BCUT2D eigenvalue weighted by atomic mass is 15.2. The van der Waals surface area contributed by atoms with E-state index in [4.69, 9.17) is 4.98 Å². The minimum atomic E-state index is 0.354. The smallest absolute Gasteiger partial charge is 0.135 e. The Labute approximate surface area is 129 Å². The topological polar surface area (TPSA) is 41.0 Å². The summed E-state index contributed by atoms with van der Waals surface area (Å²) in [5, 5.41) is 3.34. The van der Waals surface area contributed by atoms with Crippen LogP contribution in [0.3, 0.4) is 0 Å². The van der Waals surface area contributed by atoms with Gasteiger partial charge in [0.25, 0.3) is 0 Å². The van der Waals surface area contributed by atoms with Crippen molar-refractivity contribution < 1.29 is 0 Å². The summed E-state index contributed by atoms with van der Waals surface area (Å²) in [5.41, 5.74) is 0.474. The van der Waals surface area contributed by atoms with Gasteiger partial charge >= 0.3 is 0 Å². The number of aromatic nitrogens is 2. The zero-order valence-corrected chi connectivity index (χ0v) is 14.2. The van der Waals surface area contributed by atoms with E-state index in [1.165, 1.54) is 19.3 Å². The zero-order chi connectivity index (χ0) is 15.5. The average Bonchev–Trinajstić information content (AvgIpc) is 2.92. The quantitative estimate of drug-likeness (QED) is 0.858. The summed E-state index contributed by atoms with van der Waals surface area (Å²) in [4.78, 5) is 11.9. The molecule has 21 heavy (non-hydrogen) atoms. The normalized spacial score (nSPS) is 17.5. The molecule has 1 aromatic rings. The molecule has 1 saturated heterocycles. The van der Waals surface area contributed by atoms with Crippen molar-refractivity contribution in [2.75, 3.05) is 29.9 Å². The van der Waals surface area contributed by atoms with Gasteiger partial charge in [0.15, 0.2) is 0 Å². The van der Waals surface area contributed by atoms with E-state index in [1.807, 2.05) is 0 Å². The van der Waals surface area contributed by atoms with Crippen LogP contribution < -0.4 is 10.2 Å². The maximum Gasteiger partial charge on any atom is 0.135 e. The van der Waals surface area contributed by atoms with Gasteiger partial charge in [-0.15, -0.1) is 0 Å². The Morgan fingerprint density at radius 1 is 1.24 bits per heavy atom. The summed E-state index contributed by atoms with van der Waals surface area (Å²) >= 11 is 0. The minimum absolute atomic E-state index is 0.354. The van der Waals surface area contributed by atoms with Gasteiger partial charge in [0.2, 0.25) is 0 Å². The fourth-order valence-electron chi connectivity index (χ4n) is 3.10. The van der Waals surface area contributed by atoms with E-state index in [2.05, 4.69) is 55.9 Å². The molecule has 0 radical (unpaired) electrons. The second kappa shape index (κ2) is 6.63. The summed E-state index contributed by atoms with van der Waals surface area (Å²) < 4.78 is 0. The van der Waals surface area contributed by atoms with E-state index in [-0.39, 0.29) is 0 Å². The fourth-order valence-corrected chi connectivity index (χ4v) is 3.10. The molecule has 1 N–H and O–H groups in total. The molecule has 1 aliphatic rings. The highest BCUT2D eigenvalue weighted by Crippen LogP contribution is 2.39. The molecule has 2 heterocycles. The van der Waals surface area contributed by atoms with Crippen LogP contribution in [0.5, 0.6) is 0 Å². The van der Waals surface area contributed by atoms with Crippen molar-refractivity contribution in [2.45, 2.75) is 59.8 Å². The first-order valence-corrected chi connectivity index (χ1v) is 8.41. The molecule has 0 aromatic carbocycles. The Morgan fingerprint density at radius 3 is 2.48 bits per heavy atom. The van der Waals surface area contributed by atoms with Gasteiger partial charge in [0.1, 0.15) is 17.5 Å². The molecule has 1 aromatic heterocycles. The summed E-state index contributed by atoms with van der Waals surface area (Å²) in [6, 6.07) is 2.11. The fraction of sp³-hybridized carbons (Fsp3) is 0.765. The van der Waals surface area contributed by atoms with Crippen molar-refractivity contribution in [1.82, 2.24) is 9.97 Å². The number of nitrogens with one attached hydrogen (secondary N) is 1. The van der Waals surface area contributed by atoms with Gasteiger partial charge < -0.3 is 10.2 Å². The highest BCUT2D eigenvalue weighted by molar-refractivity contribution is 5.50. The molecular weight excluding hydrogens is 260 g/mol. The van der Waals surface area contributed by atoms with Gasteiger partial charge in [-0.1, -0.05) is 27.7 Å². The van der Waals surface area contributed by atoms with E-state index in [0.717, 1.165) is 37.1 Å². The average molecular weight is 290 g/mol. The van der Waals surface area contributed by atoms with Crippen molar-refractivity contribution in [3.63, 3.8) is 0 Å². The number of hydrogen-bond donors (Lipinski definition) is 1. The lowest BCUT2D eigenvalue weighted by Crippen LogP contribution is -2.27. The van der Waals surface area contributed by atoms with Gasteiger partial charge in [-0.3, -0.25) is 0 Å². The predicted molar refractivity (Wildman–Crippen MR) is 90.1 cm³/mol. The molecule has 0 aliphatic carbocycles. The molecule has 0 saturated carbocycles. The van der Waals surface area contributed by atoms with Gasteiger partial charge in [-0.05, 0) is 31.6 Å². The van der Waals surface area contributed by atoms with Crippen LogP contribution in [-0.4, -0.2) is 29.6 Å². The zero-order valence-electron chi connectivity index (χ0n) is 14.2. The largest absolute Gasteiger partial charge is 0.370 e. The maximum absolute atomic E-state index is 4.81. The second-order valence-electron chi connectivity index (χ2n) is 6.53. The first kappa shape index (κ1) is 16.1. The third kappa shape index (κ3) is 3.47. The van der Waals surface area contributed by atoms with Crippen molar-refractivity contribution in [3.05, 3.63) is 11.9 Å². The first-order valence-electron chi connectivity index (χ1n) is 8.41. The Hall–Kier alpha value is -1.32. The monoisotopic (exact) mass is 290 g/mol. The van der Waals surface area contributed by atoms with Crippen LogP contribution in [0, 0.1) is 5.41 Å². The van der Waals surface area contributed by atoms with Gasteiger partial charge in [-0.25, -0.2) is 9.97 Å². The molecule has 1 aliphatic heterocycles. The van der Waals surface area contributed by atoms with E-state index < -0.39 is 0 Å². The molecule has 4 nitrogen and oxygen atoms in total. The van der Waals surface area contributed by atoms with E-state index in [1.54, 1.807) is 0 Å². The molecule has 4 heteroatoms. The van der Waals surface area contributed by atoms with Crippen LogP contribution in [0.25, 0.3) is 0 Å². The van der Waals surface area contributed by atoms with E-state index in [0.29, 0.717) is 11.3 Å². The van der Waals surface area contributed by atoms with Gasteiger partial charge in [-0.2, -0.15) is 0 Å². The lowest BCUT2D eigenvalue weighted by atomic mass is 9.82. The number of hydrogen-bond acceptors (Lipinski definition) is 4. The number of anilines is 2. The number of nitrogens with zero attached hydrogens (tertiary/aromatic N) is 3. The summed E-state index contributed by atoms with van der Waals surface area (Å²) in [5.74, 6) is 3.34. The van der Waals surface area contributed by atoms with Crippen molar-refractivity contribution >= 4 is 11.6 Å². The summed E-state index contributed by atoms with van der Waals surface area (Å²) in [6.07, 6.45) is 3.78.